The van der Waals surface area contributed by atoms with Crippen molar-refractivity contribution in [1.29, 1.82) is 0 Å². The molecule has 152 valence electrons. The molecule has 1 aliphatic rings. The van der Waals surface area contributed by atoms with Gasteiger partial charge in [-0.05, 0) is 67.3 Å². The Morgan fingerprint density at radius 2 is 1.62 bits per heavy atom. The van der Waals surface area contributed by atoms with E-state index >= 15 is 0 Å². The van der Waals surface area contributed by atoms with Gasteiger partial charge in [0, 0.05) is 25.7 Å². The molecule has 3 rings (SSSR count). The standard InChI is InChI=1S/C23H25NO5/c1-6-27-20-14(2)10-17(11-15(20)3)16-8-7-9-18(12-16)24-13-19-21(25)28-23(4,5)29-22(19)26/h7-13,24H,6H2,1-5H3. The lowest BCUT2D eigenvalue weighted by atomic mass is 9.99. The van der Waals surface area contributed by atoms with Gasteiger partial charge in [0.2, 0.25) is 0 Å². The van der Waals surface area contributed by atoms with Crippen molar-refractivity contribution in [2.75, 3.05) is 11.9 Å². The van der Waals surface area contributed by atoms with Crippen LogP contribution in [0.15, 0.2) is 48.2 Å². The fourth-order valence-corrected chi connectivity index (χ4v) is 3.21. The van der Waals surface area contributed by atoms with Crippen molar-refractivity contribution in [3.63, 3.8) is 0 Å². The van der Waals surface area contributed by atoms with Gasteiger partial charge in [-0.1, -0.05) is 12.1 Å². The minimum atomic E-state index is -1.26. The third kappa shape index (κ3) is 4.59. The van der Waals surface area contributed by atoms with E-state index in [1.54, 1.807) is 0 Å². The summed E-state index contributed by atoms with van der Waals surface area (Å²) in [5, 5.41) is 2.99. The molecule has 1 fully saturated rings. The fourth-order valence-electron chi connectivity index (χ4n) is 3.21. The van der Waals surface area contributed by atoms with Gasteiger partial charge >= 0.3 is 11.9 Å². The number of esters is 2. The van der Waals surface area contributed by atoms with E-state index in [4.69, 9.17) is 14.2 Å². The first-order valence-corrected chi connectivity index (χ1v) is 9.48. The molecule has 0 atom stereocenters. The van der Waals surface area contributed by atoms with E-state index < -0.39 is 17.7 Å². The molecule has 1 N–H and O–H groups in total. The minimum Gasteiger partial charge on any atom is -0.493 e. The zero-order valence-corrected chi connectivity index (χ0v) is 17.3. The Morgan fingerprint density at radius 3 is 2.21 bits per heavy atom. The summed E-state index contributed by atoms with van der Waals surface area (Å²) in [4.78, 5) is 24.1. The molecular formula is C23H25NO5. The van der Waals surface area contributed by atoms with E-state index in [0.717, 1.165) is 33.7 Å². The Kier molecular flexibility index (Phi) is 5.64. The number of anilines is 1. The average Bonchev–Trinajstić information content (AvgIpc) is 2.63. The summed E-state index contributed by atoms with van der Waals surface area (Å²) in [6.07, 6.45) is 1.31. The van der Waals surface area contributed by atoms with E-state index in [9.17, 15) is 9.59 Å². The molecule has 1 heterocycles. The number of carbonyl (C=O) groups is 2. The Balaban J connectivity index is 1.84. The second kappa shape index (κ2) is 7.99. The highest BCUT2D eigenvalue weighted by atomic mass is 16.7. The van der Waals surface area contributed by atoms with E-state index in [2.05, 4.69) is 17.4 Å². The Labute approximate surface area is 170 Å². The molecule has 1 aliphatic heterocycles. The Hall–Kier alpha value is -3.28. The number of cyclic esters (lactones) is 2. The van der Waals surface area contributed by atoms with Gasteiger partial charge in [-0.15, -0.1) is 0 Å². The number of hydrogen-bond donors (Lipinski definition) is 1. The van der Waals surface area contributed by atoms with Gasteiger partial charge in [0.25, 0.3) is 5.79 Å². The van der Waals surface area contributed by atoms with E-state index in [1.807, 2.05) is 45.0 Å². The van der Waals surface area contributed by atoms with Gasteiger partial charge in [-0.25, -0.2) is 9.59 Å². The predicted molar refractivity (Wildman–Crippen MR) is 110 cm³/mol. The normalized spacial score (nSPS) is 15.4. The smallest absolute Gasteiger partial charge is 0.350 e. The van der Waals surface area contributed by atoms with Crippen LogP contribution in [-0.2, 0) is 19.1 Å². The van der Waals surface area contributed by atoms with Gasteiger partial charge in [-0.2, -0.15) is 0 Å². The summed E-state index contributed by atoms with van der Waals surface area (Å²) >= 11 is 0. The lowest BCUT2D eigenvalue weighted by molar-refractivity contribution is -0.222. The van der Waals surface area contributed by atoms with Crippen molar-refractivity contribution in [3.05, 3.63) is 59.3 Å². The molecule has 0 aromatic heterocycles. The Bertz CT molecular complexity index is 946. The van der Waals surface area contributed by atoms with Crippen LogP contribution in [0.1, 0.15) is 31.9 Å². The van der Waals surface area contributed by atoms with Crippen LogP contribution < -0.4 is 10.1 Å². The van der Waals surface area contributed by atoms with Crippen molar-refractivity contribution < 1.29 is 23.8 Å². The van der Waals surface area contributed by atoms with Crippen LogP contribution in [0.2, 0.25) is 0 Å². The third-order valence-corrected chi connectivity index (χ3v) is 4.44. The minimum absolute atomic E-state index is 0.178. The van der Waals surface area contributed by atoms with Crippen LogP contribution in [0.25, 0.3) is 11.1 Å². The van der Waals surface area contributed by atoms with Gasteiger partial charge in [0.05, 0.1) is 6.61 Å². The van der Waals surface area contributed by atoms with E-state index in [-0.39, 0.29) is 5.57 Å². The highest BCUT2D eigenvalue weighted by Crippen LogP contribution is 2.31. The van der Waals surface area contributed by atoms with Crippen molar-refractivity contribution in [2.45, 2.75) is 40.4 Å². The first-order valence-electron chi connectivity index (χ1n) is 9.48. The molecule has 0 spiro atoms. The van der Waals surface area contributed by atoms with E-state index in [0.29, 0.717) is 6.61 Å². The predicted octanol–water partition coefficient (Wildman–Crippen LogP) is 4.50. The van der Waals surface area contributed by atoms with Gasteiger partial charge in [0.15, 0.2) is 5.57 Å². The molecule has 0 saturated carbocycles. The molecule has 2 aromatic carbocycles. The maximum Gasteiger partial charge on any atom is 0.350 e. The molecule has 2 aromatic rings. The molecule has 0 amide bonds. The molecule has 0 aliphatic carbocycles. The largest absolute Gasteiger partial charge is 0.493 e. The zero-order valence-electron chi connectivity index (χ0n) is 17.3. The maximum atomic E-state index is 12.0. The summed E-state index contributed by atoms with van der Waals surface area (Å²) in [7, 11) is 0. The summed E-state index contributed by atoms with van der Waals surface area (Å²) in [5.41, 5.74) is 4.73. The molecule has 0 radical (unpaired) electrons. The number of benzene rings is 2. The van der Waals surface area contributed by atoms with Crippen molar-refractivity contribution in [3.8, 4) is 16.9 Å². The van der Waals surface area contributed by atoms with E-state index in [1.165, 1.54) is 20.0 Å². The molecule has 29 heavy (non-hydrogen) atoms. The summed E-state index contributed by atoms with van der Waals surface area (Å²) in [5.74, 6) is -1.78. The van der Waals surface area contributed by atoms with Crippen LogP contribution >= 0.6 is 0 Å². The number of rotatable bonds is 5. The molecule has 6 heteroatoms. The fraction of sp³-hybridized carbons (Fsp3) is 0.304. The number of ether oxygens (including phenoxy) is 3. The third-order valence-electron chi connectivity index (χ3n) is 4.44. The van der Waals surface area contributed by atoms with Crippen LogP contribution in [0.4, 0.5) is 5.69 Å². The molecular weight excluding hydrogens is 370 g/mol. The van der Waals surface area contributed by atoms with Crippen molar-refractivity contribution >= 4 is 17.6 Å². The van der Waals surface area contributed by atoms with Crippen LogP contribution in [0, 0.1) is 13.8 Å². The molecule has 6 nitrogen and oxygen atoms in total. The van der Waals surface area contributed by atoms with Crippen LogP contribution in [0.3, 0.4) is 0 Å². The van der Waals surface area contributed by atoms with Gasteiger partial charge in [-0.3, -0.25) is 0 Å². The van der Waals surface area contributed by atoms with Crippen molar-refractivity contribution in [2.24, 2.45) is 0 Å². The SMILES string of the molecule is CCOc1c(C)cc(-c2cccc(NC=C3C(=O)OC(C)(C)OC3=O)c2)cc1C. The maximum absolute atomic E-state index is 12.0. The number of aryl methyl sites for hydroxylation is 2. The summed E-state index contributed by atoms with van der Waals surface area (Å²) in [6.45, 7) is 9.66. The van der Waals surface area contributed by atoms with Crippen LogP contribution in [0.5, 0.6) is 5.75 Å². The second-order valence-electron chi connectivity index (χ2n) is 7.33. The summed E-state index contributed by atoms with van der Waals surface area (Å²) < 4.78 is 15.9. The highest BCUT2D eigenvalue weighted by molar-refractivity contribution is 6.15. The van der Waals surface area contributed by atoms with Gasteiger partial charge in [0.1, 0.15) is 5.75 Å². The number of carbonyl (C=O) groups excluding carboxylic acids is 2. The lowest BCUT2D eigenvalue weighted by Gasteiger charge is -2.29. The molecule has 0 bridgehead atoms. The van der Waals surface area contributed by atoms with Crippen molar-refractivity contribution in [1.82, 2.24) is 0 Å². The average molecular weight is 395 g/mol. The topological polar surface area (TPSA) is 73.9 Å². The Morgan fingerprint density at radius 1 is 1.00 bits per heavy atom. The first kappa shape index (κ1) is 20.5. The first-order chi connectivity index (χ1) is 13.7. The second-order valence-corrected chi connectivity index (χ2v) is 7.33. The highest BCUT2D eigenvalue weighted by Gasteiger charge is 2.38. The summed E-state index contributed by atoms with van der Waals surface area (Å²) in [6, 6.07) is 11.8. The monoisotopic (exact) mass is 395 g/mol. The molecule has 0 unspecified atom stereocenters. The number of hydrogen-bond acceptors (Lipinski definition) is 6. The number of nitrogens with one attached hydrogen (secondary N) is 1. The zero-order chi connectivity index (χ0) is 21.2. The molecule has 1 saturated heterocycles. The van der Waals surface area contributed by atoms with Gasteiger partial charge < -0.3 is 19.5 Å². The quantitative estimate of drug-likeness (QED) is 0.456. The lowest BCUT2D eigenvalue weighted by Crippen LogP contribution is -2.42. The van der Waals surface area contributed by atoms with Crippen LogP contribution in [-0.4, -0.2) is 24.3 Å².